The van der Waals surface area contributed by atoms with Crippen LogP contribution in [0.15, 0.2) is 16.7 Å². The van der Waals surface area contributed by atoms with Crippen molar-refractivity contribution in [1.82, 2.24) is 10.3 Å². The van der Waals surface area contributed by atoms with Crippen LogP contribution in [-0.2, 0) is 6.54 Å². The first-order chi connectivity index (χ1) is 9.13. The normalized spacial score (nSPS) is 11.0. The van der Waals surface area contributed by atoms with Gasteiger partial charge in [-0.15, -0.1) is 0 Å². The first-order valence-electron chi connectivity index (χ1n) is 7.11. The fraction of sp³-hybridized carbons (Fsp3) is 0.667. The Bertz CT molecular complexity index is 369. The number of hydrogen-bond donors (Lipinski definition) is 1. The zero-order chi connectivity index (χ0) is 14.1. The summed E-state index contributed by atoms with van der Waals surface area (Å²) in [5, 5.41) is 3.39. The van der Waals surface area contributed by atoms with Crippen molar-refractivity contribution >= 4 is 15.9 Å². The molecule has 1 aromatic heterocycles. The lowest BCUT2D eigenvalue weighted by Crippen LogP contribution is -2.15. The van der Waals surface area contributed by atoms with Crippen LogP contribution in [0, 0.1) is 5.92 Å². The largest absolute Gasteiger partial charge is 0.477 e. The standard InChI is InChI=1S/C15H25BrN2O/c1-4-7-17-10-13-9-14(16)11-18-15(13)19-8-5-6-12(2)3/h9,11-12,17H,4-8,10H2,1-3H3. The molecule has 0 unspecified atom stereocenters. The molecule has 0 radical (unpaired) electrons. The second-order valence-corrected chi connectivity index (χ2v) is 6.09. The van der Waals surface area contributed by atoms with Gasteiger partial charge >= 0.3 is 0 Å². The molecule has 0 amide bonds. The summed E-state index contributed by atoms with van der Waals surface area (Å²) in [7, 11) is 0. The molecule has 0 aliphatic heterocycles. The fourth-order valence-corrected chi connectivity index (χ4v) is 2.16. The van der Waals surface area contributed by atoms with Crippen molar-refractivity contribution in [2.24, 2.45) is 5.92 Å². The van der Waals surface area contributed by atoms with Gasteiger partial charge in [-0.1, -0.05) is 20.8 Å². The van der Waals surface area contributed by atoms with Crippen LogP contribution in [0.3, 0.4) is 0 Å². The summed E-state index contributed by atoms with van der Waals surface area (Å²) in [6.45, 7) is 9.19. The number of aromatic nitrogens is 1. The number of nitrogens with one attached hydrogen (secondary N) is 1. The van der Waals surface area contributed by atoms with Crippen LogP contribution < -0.4 is 10.1 Å². The number of hydrogen-bond acceptors (Lipinski definition) is 3. The van der Waals surface area contributed by atoms with Gasteiger partial charge in [0.1, 0.15) is 0 Å². The highest BCUT2D eigenvalue weighted by Gasteiger charge is 2.06. The maximum Gasteiger partial charge on any atom is 0.217 e. The Kier molecular flexibility index (Phi) is 8.07. The topological polar surface area (TPSA) is 34.2 Å². The Labute approximate surface area is 125 Å². The van der Waals surface area contributed by atoms with Gasteiger partial charge < -0.3 is 10.1 Å². The molecule has 0 aliphatic rings. The van der Waals surface area contributed by atoms with E-state index in [1.807, 2.05) is 0 Å². The lowest BCUT2D eigenvalue weighted by molar-refractivity contribution is 0.283. The first-order valence-corrected chi connectivity index (χ1v) is 7.90. The van der Waals surface area contributed by atoms with E-state index in [-0.39, 0.29) is 0 Å². The molecule has 1 heterocycles. The van der Waals surface area contributed by atoms with Crippen LogP contribution in [-0.4, -0.2) is 18.1 Å². The average molecular weight is 329 g/mol. The molecule has 1 aromatic rings. The fourth-order valence-electron chi connectivity index (χ4n) is 1.79. The van der Waals surface area contributed by atoms with Crippen molar-refractivity contribution in [1.29, 1.82) is 0 Å². The Morgan fingerprint density at radius 3 is 2.89 bits per heavy atom. The molecule has 1 N–H and O–H groups in total. The minimum Gasteiger partial charge on any atom is -0.477 e. The maximum absolute atomic E-state index is 5.80. The minimum atomic E-state index is 0.729. The van der Waals surface area contributed by atoms with Crippen molar-refractivity contribution in [2.75, 3.05) is 13.2 Å². The molecule has 1 rings (SSSR count). The van der Waals surface area contributed by atoms with Crippen molar-refractivity contribution in [3.05, 3.63) is 22.3 Å². The van der Waals surface area contributed by atoms with E-state index >= 15 is 0 Å². The molecule has 4 heteroatoms. The highest BCUT2D eigenvalue weighted by Crippen LogP contribution is 2.20. The van der Waals surface area contributed by atoms with Crippen LogP contribution in [0.25, 0.3) is 0 Å². The molecular weight excluding hydrogens is 304 g/mol. The molecule has 0 saturated carbocycles. The van der Waals surface area contributed by atoms with Gasteiger partial charge in [0.2, 0.25) is 5.88 Å². The van der Waals surface area contributed by atoms with E-state index in [9.17, 15) is 0 Å². The first kappa shape index (κ1) is 16.4. The van der Waals surface area contributed by atoms with E-state index in [1.165, 1.54) is 6.42 Å². The molecule has 0 aliphatic carbocycles. The van der Waals surface area contributed by atoms with Gasteiger partial charge in [-0.05, 0) is 53.7 Å². The summed E-state index contributed by atoms with van der Waals surface area (Å²) in [4.78, 5) is 4.36. The molecule has 0 fully saturated rings. The van der Waals surface area contributed by atoms with Crippen molar-refractivity contribution < 1.29 is 4.74 Å². The number of ether oxygens (including phenoxy) is 1. The van der Waals surface area contributed by atoms with Crippen LogP contribution >= 0.6 is 15.9 Å². The van der Waals surface area contributed by atoms with Crippen LogP contribution in [0.1, 0.15) is 45.6 Å². The van der Waals surface area contributed by atoms with E-state index in [1.54, 1.807) is 6.20 Å². The Hall–Kier alpha value is -0.610. The third-order valence-electron chi connectivity index (χ3n) is 2.80. The smallest absolute Gasteiger partial charge is 0.217 e. The van der Waals surface area contributed by atoms with Gasteiger partial charge in [0.05, 0.1) is 6.61 Å². The molecule has 0 aromatic carbocycles. The van der Waals surface area contributed by atoms with E-state index in [2.05, 4.69) is 53.1 Å². The monoisotopic (exact) mass is 328 g/mol. The molecule has 0 atom stereocenters. The second-order valence-electron chi connectivity index (χ2n) is 5.18. The van der Waals surface area contributed by atoms with Gasteiger partial charge in [-0.25, -0.2) is 4.98 Å². The van der Waals surface area contributed by atoms with Gasteiger partial charge in [0.25, 0.3) is 0 Å². The maximum atomic E-state index is 5.80. The third kappa shape index (κ3) is 6.92. The second kappa shape index (κ2) is 9.32. The molecule has 0 saturated heterocycles. The summed E-state index contributed by atoms with van der Waals surface area (Å²) >= 11 is 3.46. The highest BCUT2D eigenvalue weighted by molar-refractivity contribution is 9.10. The summed E-state index contributed by atoms with van der Waals surface area (Å²) in [6.07, 6.45) is 5.20. The lowest BCUT2D eigenvalue weighted by Gasteiger charge is -2.12. The minimum absolute atomic E-state index is 0.729. The lowest BCUT2D eigenvalue weighted by atomic mass is 10.1. The Balaban J connectivity index is 2.50. The van der Waals surface area contributed by atoms with E-state index < -0.39 is 0 Å². The van der Waals surface area contributed by atoms with E-state index in [4.69, 9.17) is 4.74 Å². The molecule has 0 spiro atoms. The number of halogens is 1. The third-order valence-corrected chi connectivity index (χ3v) is 3.23. The summed E-state index contributed by atoms with van der Waals surface area (Å²) in [6, 6.07) is 2.08. The van der Waals surface area contributed by atoms with Gasteiger partial charge in [-0.3, -0.25) is 0 Å². The molecule has 108 valence electrons. The zero-order valence-corrected chi connectivity index (χ0v) is 13.8. The Morgan fingerprint density at radius 2 is 2.21 bits per heavy atom. The van der Waals surface area contributed by atoms with Crippen molar-refractivity contribution in [3.63, 3.8) is 0 Å². The molecular formula is C15H25BrN2O. The predicted molar refractivity (Wildman–Crippen MR) is 83.5 cm³/mol. The molecule has 19 heavy (non-hydrogen) atoms. The zero-order valence-electron chi connectivity index (χ0n) is 12.2. The molecule has 3 nitrogen and oxygen atoms in total. The molecule has 0 bridgehead atoms. The highest BCUT2D eigenvalue weighted by atomic mass is 79.9. The summed E-state index contributed by atoms with van der Waals surface area (Å²) in [5.74, 6) is 1.49. The van der Waals surface area contributed by atoms with Crippen molar-refractivity contribution in [3.8, 4) is 5.88 Å². The number of pyridine rings is 1. The van der Waals surface area contributed by atoms with Gasteiger partial charge in [0, 0.05) is 22.8 Å². The number of nitrogens with zero attached hydrogens (tertiary/aromatic N) is 1. The predicted octanol–water partition coefficient (Wildman–Crippen LogP) is 4.16. The SMILES string of the molecule is CCCNCc1cc(Br)cnc1OCCCC(C)C. The van der Waals surface area contributed by atoms with Crippen LogP contribution in [0.4, 0.5) is 0 Å². The van der Waals surface area contributed by atoms with Crippen LogP contribution in [0.5, 0.6) is 5.88 Å². The summed E-state index contributed by atoms with van der Waals surface area (Å²) < 4.78 is 6.80. The van der Waals surface area contributed by atoms with E-state index in [0.717, 1.165) is 54.4 Å². The van der Waals surface area contributed by atoms with E-state index in [0.29, 0.717) is 0 Å². The summed E-state index contributed by atoms with van der Waals surface area (Å²) in [5.41, 5.74) is 1.12. The number of rotatable bonds is 9. The average Bonchev–Trinajstić information content (AvgIpc) is 2.36. The van der Waals surface area contributed by atoms with Crippen molar-refractivity contribution in [2.45, 2.75) is 46.6 Å². The Morgan fingerprint density at radius 1 is 1.42 bits per heavy atom. The van der Waals surface area contributed by atoms with Crippen LogP contribution in [0.2, 0.25) is 0 Å². The quantitative estimate of drug-likeness (QED) is 0.691. The van der Waals surface area contributed by atoms with Gasteiger partial charge in [-0.2, -0.15) is 0 Å². The van der Waals surface area contributed by atoms with Gasteiger partial charge in [0.15, 0.2) is 0 Å².